The number of hydrogen-bond donors (Lipinski definition) is 1. The summed E-state index contributed by atoms with van der Waals surface area (Å²) < 4.78 is 18.6. The second-order valence-electron chi connectivity index (χ2n) is 8.08. The number of hydrogen-bond acceptors (Lipinski definition) is 7. The number of aromatic nitrogens is 4. The lowest BCUT2D eigenvalue weighted by Gasteiger charge is -2.26. The van der Waals surface area contributed by atoms with Crippen LogP contribution in [0.1, 0.15) is 14.3 Å². The summed E-state index contributed by atoms with van der Waals surface area (Å²) in [7, 11) is 1.63. The molecule has 9 nitrogen and oxygen atoms in total. The molecule has 1 saturated heterocycles. The smallest absolute Gasteiger partial charge is 0.328 e. The van der Waals surface area contributed by atoms with Crippen molar-refractivity contribution >= 4 is 11.3 Å². The van der Waals surface area contributed by atoms with Crippen molar-refractivity contribution in [3.05, 3.63) is 34.9 Å². The Morgan fingerprint density at radius 3 is 2.87 bits per heavy atom. The highest BCUT2D eigenvalue weighted by Gasteiger charge is 2.24. The Morgan fingerprint density at radius 2 is 2.10 bits per heavy atom. The molecular formula is C22H29N5O4. The topological polar surface area (TPSA) is 94.5 Å². The molecule has 9 heteroatoms. The molecule has 0 radical (unpaired) electrons. The van der Waals surface area contributed by atoms with Crippen LogP contribution in [0.15, 0.2) is 29.2 Å². The fourth-order valence-electron chi connectivity index (χ4n) is 3.84. The molecule has 1 N–H and O–H groups in total. The largest absolute Gasteiger partial charge is 0.493 e. The van der Waals surface area contributed by atoms with E-state index in [2.05, 4.69) is 14.9 Å². The van der Waals surface area contributed by atoms with Crippen LogP contribution in [0.4, 0.5) is 0 Å². The van der Waals surface area contributed by atoms with Gasteiger partial charge in [0.1, 0.15) is 6.61 Å². The van der Waals surface area contributed by atoms with Crippen LogP contribution in [0.2, 0.25) is 0 Å². The Morgan fingerprint density at radius 1 is 1.26 bits per heavy atom. The Balaban J connectivity index is 0.00000245. The van der Waals surface area contributed by atoms with Gasteiger partial charge in [0, 0.05) is 33.2 Å². The van der Waals surface area contributed by atoms with Gasteiger partial charge in [0.25, 0.3) is 0 Å². The quantitative estimate of drug-likeness (QED) is 0.589. The van der Waals surface area contributed by atoms with Crippen molar-refractivity contribution in [3.8, 4) is 22.8 Å². The Hall–Kier alpha value is -2.91. The molecule has 0 unspecified atom stereocenters. The number of nitrogens with zero attached hydrogens (tertiary/aromatic N) is 4. The lowest BCUT2D eigenvalue weighted by atomic mass is 10.1. The molecule has 0 amide bonds. The summed E-state index contributed by atoms with van der Waals surface area (Å²) in [6.07, 6.45) is 4.00. The summed E-state index contributed by atoms with van der Waals surface area (Å²) in [5.41, 5.74) is 2.51. The van der Waals surface area contributed by atoms with E-state index in [0.717, 1.165) is 51.3 Å². The molecule has 31 heavy (non-hydrogen) atoms. The van der Waals surface area contributed by atoms with E-state index in [-0.39, 0.29) is 7.12 Å². The van der Waals surface area contributed by atoms with E-state index in [4.69, 9.17) is 19.2 Å². The summed E-state index contributed by atoms with van der Waals surface area (Å²) in [5.74, 6) is 1.91. The first-order valence-electron chi connectivity index (χ1n) is 10.8. The molecule has 3 heterocycles. The maximum Gasteiger partial charge on any atom is 0.328 e. The Kier molecular flexibility index (Phi) is 5.61. The van der Waals surface area contributed by atoms with E-state index < -0.39 is 0 Å². The number of benzene rings is 1. The lowest BCUT2D eigenvalue weighted by Crippen LogP contribution is -2.38. The van der Waals surface area contributed by atoms with Crippen molar-refractivity contribution in [1.29, 1.82) is 0 Å². The monoisotopic (exact) mass is 427 g/mol. The maximum absolute atomic E-state index is 12.3. The fraction of sp³-hybridized carbons (Fsp3) is 0.500. The highest BCUT2D eigenvalue weighted by Crippen LogP contribution is 2.33. The lowest BCUT2D eigenvalue weighted by molar-refractivity contribution is 0.0321. The molecule has 1 aromatic carbocycles. The zero-order chi connectivity index (χ0) is 21.2. The molecule has 0 bridgehead atoms. The molecule has 2 aliphatic rings. The van der Waals surface area contributed by atoms with Gasteiger partial charge >= 0.3 is 5.69 Å². The minimum absolute atomic E-state index is 0. The van der Waals surface area contributed by atoms with Crippen LogP contribution in [0.5, 0.6) is 11.5 Å². The highest BCUT2D eigenvalue weighted by atomic mass is 16.5. The van der Waals surface area contributed by atoms with E-state index in [1.807, 2.05) is 18.2 Å². The van der Waals surface area contributed by atoms with Crippen molar-refractivity contribution < 1.29 is 15.6 Å². The van der Waals surface area contributed by atoms with Gasteiger partial charge in [-0.3, -0.25) is 14.5 Å². The van der Waals surface area contributed by atoms with Crippen LogP contribution in [0.25, 0.3) is 22.6 Å². The van der Waals surface area contributed by atoms with E-state index >= 15 is 0 Å². The summed E-state index contributed by atoms with van der Waals surface area (Å²) in [4.78, 5) is 26.6. The summed E-state index contributed by atoms with van der Waals surface area (Å²) >= 11 is 0. The first-order valence-corrected chi connectivity index (χ1v) is 10.8. The van der Waals surface area contributed by atoms with E-state index in [1.54, 1.807) is 17.9 Å². The number of methoxy groups -OCH3 is 1. The molecule has 0 spiro atoms. The standard InChI is InChI=1S/C22H27N5O4.H2/c1-29-19-12-16(4-5-18(19)31-11-8-26-6-9-30-10-7-26)17-13-23-20-21(24-17)27(22(28)25-20)14-15-2-3-15;/h4-5,12-13,15H,2-3,6-11,14H2,1H3,(H,23,25,28);1H. The first kappa shape index (κ1) is 20.0. The number of nitrogens with one attached hydrogen (secondary N) is 1. The minimum atomic E-state index is -0.152. The van der Waals surface area contributed by atoms with Crippen LogP contribution < -0.4 is 15.2 Å². The molecule has 5 rings (SSSR count). The molecule has 2 aromatic heterocycles. The van der Waals surface area contributed by atoms with Gasteiger partial charge in [-0.05, 0) is 37.0 Å². The van der Waals surface area contributed by atoms with E-state index in [9.17, 15) is 4.79 Å². The minimum Gasteiger partial charge on any atom is -0.493 e. The van der Waals surface area contributed by atoms with Gasteiger partial charge in [-0.25, -0.2) is 14.8 Å². The molecule has 0 atom stereocenters. The van der Waals surface area contributed by atoms with Crippen molar-refractivity contribution in [2.24, 2.45) is 5.92 Å². The second kappa shape index (κ2) is 8.68. The maximum atomic E-state index is 12.3. The molecule has 3 aromatic rings. The molecule has 1 aliphatic heterocycles. The highest BCUT2D eigenvalue weighted by molar-refractivity contribution is 5.72. The molecule has 1 saturated carbocycles. The number of morpholine rings is 1. The summed E-state index contributed by atoms with van der Waals surface area (Å²) in [5, 5.41) is 0. The average Bonchev–Trinajstić information content (AvgIpc) is 3.57. The number of imidazole rings is 1. The normalized spacial score (nSPS) is 17.2. The predicted molar refractivity (Wildman–Crippen MR) is 118 cm³/mol. The van der Waals surface area contributed by atoms with Gasteiger partial charge in [0.2, 0.25) is 0 Å². The van der Waals surface area contributed by atoms with Gasteiger partial charge < -0.3 is 14.2 Å². The van der Waals surface area contributed by atoms with Crippen molar-refractivity contribution in [2.75, 3.05) is 46.6 Å². The number of fused-ring (bicyclic) bond motifs is 1. The third kappa shape index (κ3) is 4.42. The molecule has 2 fully saturated rings. The van der Waals surface area contributed by atoms with Crippen molar-refractivity contribution in [3.63, 3.8) is 0 Å². The number of aromatic amines is 1. The second-order valence-corrected chi connectivity index (χ2v) is 8.08. The zero-order valence-electron chi connectivity index (χ0n) is 17.7. The zero-order valence-corrected chi connectivity index (χ0v) is 17.7. The number of ether oxygens (including phenoxy) is 3. The van der Waals surface area contributed by atoms with Crippen LogP contribution >= 0.6 is 0 Å². The van der Waals surface area contributed by atoms with Crippen molar-refractivity contribution in [1.82, 2.24) is 24.4 Å². The molecular weight excluding hydrogens is 398 g/mol. The van der Waals surface area contributed by atoms with Gasteiger partial charge in [0.15, 0.2) is 22.8 Å². The van der Waals surface area contributed by atoms with E-state index in [0.29, 0.717) is 47.6 Å². The van der Waals surface area contributed by atoms with Gasteiger partial charge in [-0.15, -0.1) is 0 Å². The van der Waals surface area contributed by atoms with E-state index in [1.165, 1.54) is 0 Å². The number of rotatable bonds is 8. The predicted octanol–water partition coefficient (Wildman–Crippen LogP) is 2.16. The number of H-pyrrole nitrogens is 1. The molecule has 1 aliphatic carbocycles. The summed E-state index contributed by atoms with van der Waals surface area (Å²) in [6.45, 7) is 5.55. The van der Waals surface area contributed by atoms with Crippen molar-refractivity contribution in [2.45, 2.75) is 19.4 Å². The third-order valence-electron chi connectivity index (χ3n) is 5.85. The summed E-state index contributed by atoms with van der Waals surface area (Å²) in [6, 6.07) is 5.74. The molecule has 166 valence electrons. The fourth-order valence-corrected chi connectivity index (χ4v) is 3.84. The first-order chi connectivity index (χ1) is 15.2. The van der Waals surface area contributed by atoms with Gasteiger partial charge in [0.05, 0.1) is 32.2 Å². The SMILES string of the molecule is COc1cc(-c2cnc3[nH]c(=O)n(CC4CC4)c3n2)ccc1OCCN1CCOCC1.[HH]. The average molecular weight is 428 g/mol. The Bertz CT molecular complexity index is 1120. The van der Waals surface area contributed by atoms with Crippen LogP contribution in [0.3, 0.4) is 0 Å². The van der Waals surface area contributed by atoms with Gasteiger partial charge in [-0.2, -0.15) is 0 Å². The van der Waals surface area contributed by atoms with Crippen LogP contribution in [-0.2, 0) is 11.3 Å². The van der Waals surface area contributed by atoms with Crippen LogP contribution in [0, 0.1) is 5.92 Å². The van der Waals surface area contributed by atoms with Gasteiger partial charge in [-0.1, -0.05) is 0 Å². The van der Waals surface area contributed by atoms with Crippen LogP contribution in [-0.4, -0.2) is 71.0 Å². The third-order valence-corrected chi connectivity index (χ3v) is 5.85. The Labute approximate surface area is 181 Å².